The highest BCUT2D eigenvalue weighted by atomic mass is 35.5. The van der Waals surface area contributed by atoms with Gasteiger partial charge in [0.05, 0.1) is 18.3 Å². The molecule has 1 aromatic heterocycles. The highest BCUT2D eigenvalue weighted by molar-refractivity contribution is 7.07. The van der Waals surface area contributed by atoms with E-state index in [1.807, 2.05) is 17.5 Å². The number of hydrogen-bond donors (Lipinski definition) is 0. The van der Waals surface area contributed by atoms with Gasteiger partial charge in [-0.1, -0.05) is 29.8 Å². The molecule has 0 aliphatic carbocycles. The molecule has 8 heteroatoms. The van der Waals surface area contributed by atoms with Crippen LogP contribution in [0.1, 0.15) is 21.6 Å². The van der Waals surface area contributed by atoms with Crippen LogP contribution in [-0.4, -0.2) is 35.4 Å². The van der Waals surface area contributed by atoms with E-state index in [1.165, 1.54) is 23.3 Å². The fourth-order valence-corrected chi connectivity index (χ4v) is 3.27. The number of methoxy groups -OCH3 is 1. The van der Waals surface area contributed by atoms with E-state index in [9.17, 15) is 9.59 Å². The van der Waals surface area contributed by atoms with E-state index in [1.54, 1.807) is 41.9 Å². The third-order valence-electron chi connectivity index (χ3n) is 4.07. The summed E-state index contributed by atoms with van der Waals surface area (Å²) in [6, 6.07) is 14.0. The Morgan fingerprint density at radius 1 is 1.17 bits per heavy atom. The van der Waals surface area contributed by atoms with Crippen LogP contribution in [0.5, 0.6) is 5.75 Å². The Morgan fingerprint density at radius 2 is 1.97 bits per heavy atom. The number of aromatic nitrogens is 1. The molecule has 0 spiro atoms. The molecular weight excluding hydrogens is 412 g/mol. The highest BCUT2D eigenvalue weighted by Crippen LogP contribution is 2.19. The standard InChI is InChI=1S/C21H19ClN2O4S/c1-27-20(25)11-24(10-15-5-7-17(22)8-6-15)21(26)16-3-2-4-19(9-16)28-12-18-13-29-14-23-18/h2-9,13-14H,10-12H2,1H3. The second-order valence-corrected chi connectivity index (χ2v) is 7.32. The number of amides is 1. The molecule has 150 valence electrons. The Balaban J connectivity index is 1.75. The largest absolute Gasteiger partial charge is 0.487 e. The Labute approximate surface area is 177 Å². The lowest BCUT2D eigenvalue weighted by Crippen LogP contribution is -2.35. The topological polar surface area (TPSA) is 68.7 Å². The van der Waals surface area contributed by atoms with Crippen LogP contribution >= 0.6 is 22.9 Å². The van der Waals surface area contributed by atoms with Crippen molar-refractivity contribution in [1.82, 2.24) is 9.88 Å². The van der Waals surface area contributed by atoms with Crippen LogP contribution in [-0.2, 0) is 22.7 Å². The van der Waals surface area contributed by atoms with Gasteiger partial charge in [-0.3, -0.25) is 9.59 Å². The van der Waals surface area contributed by atoms with Gasteiger partial charge in [-0.2, -0.15) is 0 Å². The summed E-state index contributed by atoms with van der Waals surface area (Å²) in [5.74, 6) is -0.249. The second kappa shape index (κ2) is 10.0. The molecular formula is C21H19ClN2O4S. The predicted molar refractivity (Wildman–Crippen MR) is 111 cm³/mol. The van der Waals surface area contributed by atoms with Crippen LogP contribution < -0.4 is 4.74 Å². The van der Waals surface area contributed by atoms with E-state index in [4.69, 9.17) is 21.1 Å². The maximum atomic E-state index is 13.1. The number of thiazole rings is 1. The molecule has 0 aliphatic heterocycles. The number of carbonyl (C=O) groups is 2. The van der Waals surface area contributed by atoms with Gasteiger partial charge in [0.25, 0.3) is 5.91 Å². The van der Waals surface area contributed by atoms with Gasteiger partial charge < -0.3 is 14.4 Å². The van der Waals surface area contributed by atoms with Crippen molar-refractivity contribution < 1.29 is 19.1 Å². The van der Waals surface area contributed by atoms with Gasteiger partial charge in [0.15, 0.2) is 0 Å². The van der Waals surface area contributed by atoms with E-state index in [0.29, 0.717) is 22.9 Å². The molecule has 3 rings (SSSR count). The van der Waals surface area contributed by atoms with E-state index in [-0.39, 0.29) is 19.0 Å². The molecule has 0 fully saturated rings. The molecule has 29 heavy (non-hydrogen) atoms. The molecule has 0 saturated heterocycles. The Hall–Kier alpha value is -2.90. The smallest absolute Gasteiger partial charge is 0.325 e. The van der Waals surface area contributed by atoms with Gasteiger partial charge in [0, 0.05) is 22.5 Å². The summed E-state index contributed by atoms with van der Waals surface area (Å²) in [6.07, 6.45) is 0. The molecule has 0 saturated carbocycles. The number of rotatable bonds is 8. The van der Waals surface area contributed by atoms with Crippen LogP contribution in [0.15, 0.2) is 59.4 Å². The third-order valence-corrected chi connectivity index (χ3v) is 4.96. The van der Waals surface area contributed by atoms with Crippen molar-refractivity contribution in [2.45, 2.75) is 13.2 Å². The van der Waals surface area contributed by atoms with Gasteiger partial charge in [0.1, 0.15) is 18.9 Å². The minimum absolute atomic E-state index is 0.165. The minimum atomic E-state index is -0.497. The van der Waals surface area contributed by atoms with Crippen LogP contribution in [0.3, 0.4) is 0 Å². The summed E-state index contributed by atoms with van der Waals surface area (Å²) < 4.78 is 10.5. The van der Waals surface area contributed by atoms with E-state index >= 15 is 0 Å². The number of nitrogens with zero attached hydrogens (tertiary/aromatic N) is 2. The van der Waals surface area contributed by atoms with Gasteiger partial charge in [0.2, 0.25) is 0 Å². The lowest BCUT2D eigenvalue weighted by atomic mass is 10.1. The van der Waals surface area contributed by atoms with Crippen molar-refractivity contribution in [3.05, 3.63) is 81.3 Å². The first-order chi connectivity index (χ1) is 14.0. The van der Waals surface area contributed by atoms with Gasteiger partial charge in [-0.25, -0.2) is 4.98 Å². The summed E-state index contributed by atoms with van der Waals surface area (Å²) in [6.45, 7) is 0.397. The quantitative estimate of drug-likeness (QED) is 0.501. The normalized spacial score (nSPS) is 10.4. The minimum Gasteiger partial charge on any atom is -0.487 e. The first-order valence-electron chi connectivity index (χ1n) is 8.75. The fourth-order valence-electron chi connectivity index (χ4n) is 2.60. The lowest BCUT2D eigenvalue weighted by Gasteiger charge is -2.22. The number of ether oxygens (including phenoxy) is 2. The van der Waals surface area contributed by atoms with Gasteiger partial charge >= 0.3 is 5.97 Å². The zero-order valence-electron chi connectivity index (χ0n) is 15.7. The Kier molecular flexibility index (Phi) is 7.21. The summed E-state index contributed by atoms with van der Waals surface area (Å²) in [4.78, 5) is 30.5. The van der Waals surface area contributed by atoms with Crippen molar-refractivity contribution in [1.29, 1.82) is 0 Å². The summed E-state index contributed by atoms with van der Waals surface area (Å²) >= 11 is 7.42. The van der Waals surface area contributed by atoms with Crippen molar-refractivity contribution in [2.24, 2.45) is 0 Å². The van der Waals surface area contributed by atoms with E-state index < -0.39 is 5.97 Å². The molecule has 0 radical (unpaired) electrons. The number of esters is 1. The number of carbonyl (C=O) groups excluding carboxylic acids is 2. The molecule has 0 bridgehead atoms. The van der Waals surface area contributed by atoms with Crippen LogP contribution in [0.4, 0.5) is 0 Å². The Bertz CT molecular complexity index is 961. The second-order valence-electron chi connectivity index (χ2n) is 6.16. The molecule has 3 aromatic rings. The summed E-state index contributed by atoms with van der Waals surface area (Å²) in [5, 5.41) is 2.50. The Morgan fingerprint density at radius 3 is 2.66 bits per heavy atom. The molecule has 0 N–H and O–H groups in total. The number of hydrogen-bond acceptors (Lipinski definition) is 6. The first-order valence-corrected chi connectivity index (χ1v) is 10.1. The molecule has 2 aromatic carbocycles. The molecule has 0 unspecified atom stereocenters. The van der Waals surface area contributed by atoms with Crippen LogP contribution in [0, 0.1) is 0 Å². The maximum absolute atomic E-state index is 13.1. The molecule has 1 amide bonds. The van der Waals surface area contributed by atoms with Crippen molar-refractivity contribution >= 4 is 34.8 Å². The molecule has 6 nitrogen and oxygen atoms in total. The number of halogens is 1. The average molecular weight is 431 g/mol. The molecule has 1 heterocycles. The average Bonchev–Trinajstić information content (AvgIpc) is 3.26. The molecule has 0 atom stereocenters. The molecule has 0 aliphatic rings. The van der Waals surface area contributed by atoms with Crippen LogP contribution in [0.25, 0.3) is 0 Å². The van der Waals surface area contributed by atoms with Crippen molar-refractivity contribution in [3.8, 4) is 5.75 Å². The SMILES string of the molecule is COC(=O)CN(Cc1ccc(Cl)cc1)C(=O)c1cccc(OCc2cscn2)c1. The first kappa shape index (κ1) is 20.8. The van der Waals surface area contributed by atoms with Crippen LogP contribution in [0.2, 0.25) is 5.02 Å². The monoisotopic (exact) mass is 430 g/mol. The fraction of sp³-hybridized carbons (Fsp3) is 0.190. The lowest BCUT2D eigenvalue weighted by molar-refractivity contribution is -0.141. The van der Waals surface area contributed by atoms with E-state index in [2.05, 4.69) is 4.98 Å². The van der Waals surface area contributed by atoms with E-state index in [0.717, 1.165) is 11.3 Å². The summed E-state index contributed by atoms with van der Waals surface area (Å²) in [5.41, 5.74) is 3.82. The maximum Gasteiger partial charge on any atom is 0.325 e. The van der Waals surface area contributed by atoms with Crippen molar-refractivity contribution in [2.75, 3.05) is 13.7 Å². The van der Waals surface area contributed by atoms with Crippen molar-refractivity contribution in [3.63, 3.8) is 0 Å². The zero-order chi connectivity index (χ0) is 20.6. The van der Waals surface area contributed by atoms with Gasteiger partial charge in [-0.05, 0) is 35.9 Å². The third kappa shape index (κ3) is 6.04. The zero-order valence-corrected chi connectivity index (χ0v) is 17.3. The highest BCUT2D eigenvalue weighted by Gasteiger charge is 2.20. The van der Waals surface area contributed by atoms with Gasteiger partial charge in [-0.15, -0.1) is 11.3 Å². The number of benzene rings is 2. The summed E-state index contributed by atoms with van der Waals surface area (Å²) in [7, 11) is 1.29. The predicted octanol–water partition coefficient (Wildman–Crippen LogP) is 4.19.